The third-order valence-electron chi connectivity index (χ3n) is 3.29. The van der Waals surface area contributed by atoms with Gasteiger partial charge in [0.25, 0.3) is 0 Å². The van der Waals surface area contributed by atoms with Crippen LogP contribution < -0.4 is 0 Å². The predicted octanol–water partition coefficient (Wildman–Crippen LogP) is 2.82. The number of hydrogen-bond donors (Lipinski definition) is 0. The van der Waals surface area contributed by atoms with E-state index in [4.69, 9.17) is 4.42 Å². The first-order chi connectivity index (χ1) is 9.10. The van der Waals surface area contributed by atoms with Crippen LogP contribution >= 0.6 is 0 Å². The number of furan rings is 1. The number of amidine groups is 1. The predicted molar refractivity (Wildman–Crippen MR) is 73.5 cm³/mol. The molecule has 1 aromatic heterocycles. The van der Waals surface area contributed by atoms with E-state index < -0.39 is 5.54 Å². The molecule has 0 unspecified atom stereocenters. The maximum Gasteiger partial charge on any atom is 0.365 e. The summed E-state index contributed by atoms with van der Waals surface area (Å²) in [7, 11) is 0. The van der Waals surface area contributed by atoms with Crippen molar-refractivity contribution in [3.8, 4) is 0 Å². The van der Waals surface area contributed by atoms with Crippen molar-refractivity contribution in [2.75, 3.05) is 0 Å². The molecule has 2 heterocycles. The summed E-state index contributed by atoms with van der Waals surface area (Å²) in [6.07, 6.45) is 1.54. The Labute approximate surface area is 111 Å². The molecule has 1 aliphatic rings. The summed E-state index contributed by atoms with van der Waals surface area (Å²) in [5, 5.41) is 12.4. The van der Waals surface area contributed by atoms with Crippen molar-refractivity contribution >= 4 is 11.5 Å². The lowest BCUT2D eigenvalue weighted by molar-refractivity contribution is -0.513. The first-order valence-electron chi connectivity index (χ1n) is 6.13. The zero-order valence-electron chi connectivity index (χ0n) is 10.8. The Balaban J connectivity index is 2.12. The quantitative estimate of drug-likeness (QED) is 0.611. The van der Waals surface area contributed by atoms with Gasteiger partial charge in [-0.15, -0.1) is 0 Å². The van der Waals surface area contributed by atoms with E-state index in [0.29, 0.717) is 11.6 Å². The van der Waals surface area contributed by atoms with Gasteiger partial charge in [-0.2, -0.15) is 0 Å². The number of hydroxylamine groups is 1. The molecule has 0 fully saturated rings. The number of aliphatic imine (C=N–C) groups is 1. The Kier molecular flexibility index (Phi) is 2.52. The summed E-state index contributed by atoms with van der Waals surface area (Å²) in [5.41, 5.74) is 1.01. The zero-order valence-corrected chi connectivity index (χ0v) is 10.8. The van der Waals surface area contributed by atoms with E-state index in [1.807, 2.05) is 44.2 Å². The van der Waals surface area contributed by atoms with Crippen molar-refractivity contribution in [1.82, 2.24) is 0 Å². The van der Waals surface area contributed by atoms with Gasteiger partial charge in [-0.3, -0.25) is 0 Å². The fraction of sp³-hybridized carbons (Fsp3) is 0.200. The van der Waals surface area contributed by atoms with Crippen LogP contribution in [0.4, 0.5) is 0 Å². The summed E-state index contributed by atoms with van der Waals surface area (Å²) in [6, 6.07) is 13.2. The number of hydrogen-bond acceptors (Lipinski definition) is 3. The van der Waals surface area contributed by atoms with Crippen molar-refractivity contribution in [3.05, 3.63) is 65.3 Å². The van der Waals surface area contributed by atoms with Crippen LogP contribution in [0, 0.1) is 5.21 Å². The zero-order chi connectivity index (χ0) is 13.5. The second-order valence-corrected chi connectivity index (χ2v) is 4.98. The highest BCUT2D eigenvalue weighted by Gasteiger charge is 2.43. The molecule has 4 nitrogen and oxygen atoms in total. The van der Waals surface area contributed by atoms with Crippen molar-refractivity contribution in [3.63, 3.8) is 0 Å². The summed E-state index contributed by atoms with van der Waals surface area (Å²) in [5.74, 6) is 0.822. The van der Waals surface area contributed by atoms with Crippen molar-refractivity contribution in [2.24, 2.45) is 4.99 Å². The van der Waals surface area contributed by atoms with Gasteiger partial charge in [0.2, 0.25) is 11.5 Å². The van der Waals surface area contributed by atoms with Crippen LogP contribution in [0.1, 0.15) is 25.2 Å². The molecule has 1 aromatic carbocycles. The van der Waals surface area contributed by atoms with Crippen LogP contribution in [0.5, 0.6) is 0 Å². The smallest absolute Gasteiger partial charge is 0.365 e. The fourth-order valence-corrected chi connectivity index (χ4v) is 2.22. The number of nitrogens with zero attached hydrogens (tertiary/aromatic N) is 2. The van der Waals surface area contributed by atoms with Gasteiger partial charge < -0.3 is 9.62 Å². The summed E-state index contributed by atoms with van der Waals surface area (Å²) >= 11 is 0. The highest BCUT2D eigenvalue weighted by Crippen LogP contribution is 2.25. The maximum atomic E-state index is 12.4. The average molecular weight is 254 g/mol. The number of benzene rings is 1. The van der Waals surface area contributed by atoms with Gasteiger partial charge in [0.05, 0.1) is 6.26 Å². The first-order valence-corrected chi connectivity index (χ1v) is 6.13. The standard InChI is InChI=1S/C15H14N2O2/c1-15(2)13(11-7-4-3-5-8-11)16-14(17(15)18)12-9-6-10-19-12/h3-10H,1-2H3. The van der Waals surface area contributed by atoms with E-state index in [9.17, 15) is 5.21 Å². The molecule has 0 spiro atoms. The van der Waals surface area contributed by atoms with Gasteiger partial charge in [0.1, 0.15) is 0 Å². The van der Waals surface area contributed by atoms with Crippen molar-refractivity contribution in [2.45, 2.75) is 19.4 Å². The third-order valence-corrected chi connectivity index (χ3v) is 3.29. The highest BCUT2D eigenvalue weighted by atomic mass is 16.5. The van der Waals surface area contributed by atoms with E-state index in [0.717, 1.165) is 16.0 Å². The molecule has 0 N–H and O–H groups in total. The molecule has 0 aliphatic carbocycles. The Bertz CT molecular complexity index is 653. The highest BCUT2D eigenvalue weighted by molar-refractivity contribution is 6.16. The van der Waals surface area contributed by atoms with Gasteiger partial charge in [0.15, 0.2) is 5.54 Å². The summed E-state index contributed by atoms with van der Waals surface area (Å²) < 4.78 is 6.19. The molecule has 4 heteroatoms. The van der Waals surface area contributed by atoms with Crippen LogP contribution in [0.15, 0.2) is 58.1 Å². The summed E-state index contributed by atoms with van der Waals surface area (Å²) in [4.78, 5) is 4.49. The molecule has 1 aliphatic heterocycles. The molecular formula is C15H14N2O2. The fourth-order valence-electron chi connectivity index (χ4n) is 2.22. The minimum atomic E-state index is -0.705. The van der Waals surface area contributed by atoms with Crippen molar-refractivity contribution < 1.29 is 9.16 Å². The lowest BCUT2D eigenvalue weighted by atomic mass is 9.93. The van der Waals surface area contributed by atoms with Crippen LogP contribution in [-0.2, 0) is 0 Å². The van der Waals surface area contributed by atoms with Crippen LogP contribution in [0.3, 0.4) is 0 Å². The lowest BCUT2D eigenvalue weighted by Crippen LogP contribution is -2.39. The molecule has 0 radical (unpaired) electrons. The molecule has 0 amide bonds. The topological polar surface area (TPSA) is 51.6 Å². The van der Waals surface area contributed by atoms with E-state index in [1.54, 1.807) is 18.4 Å². The molecular weight excluding hydrogens is 240 g/mol. The van der Waals surface area contributed by atoms with E-state index in [1.165, 1.54) is 0 Å². The average Bonchev–Trinajstić information content (AvgIpc) is 3.00. The largest absolute Gasteiger partial charge is 0.714 e. The minimum absolute atomic E-state index is 0.328. The van der Waals surface area contributed by atoms with Gasteiger partial charge in [-0.1, -0.05) is 30.3 Å². The van der Waals surface area contributed by atoms with E-state index >= 15 is 0 Å². The number of rotatable bonds is 2. The molecule has 0 saturated heterocycles. The van der Waals surface area contributed by atoms with Gasteiger partial charge >= 0.3 is 5.84 Å². The third kappa shape index (κ3) is 1.76. The van der Waals surface area contributed by atoms with Gasteiger partial charge in [0, 0.05) is 5.56 Å². The Morgan fingerprint density at radius 1 is 1.11 bits per heavy atom. The monoisotopic (exact) mass is 254 g/mol. The maximum absolute atomic E-state index is 12.4. The SMILES string of the molecule is CC1(C)C(c2ccccc2)=NC(c2ccco2)=[N+]1[O-]. The second-order valence-electron chi connectivity index (χ2n) is 4.98. The Morgan fingerprint density at radius 2 is 1.84 bits per heavy atom. The Hall–Kier alpha value is -2.36. The van der Waals surface area contributed by atoms with Crippen LogP contribution in [0.25, 0.3) is 0 Å². The molecule has 2 aromatic rings. The summed E-state index contributed by atoms with van der Waals surface area (Å²) in [6.45, 7) is 3.73. The normalized spacial score (nSPS) is 17.7. The Morgan fingerprint density at radius 3 is 2.47 bits per heavy atom. The molecule has 0 saturated carbocycles. The van der Waals surface area contributed by atoms with Gasteiger partial charge in [-0.05, 0) is 31.0 Å². The van der Waals surface area contributed by atoms with Gasteiger partial charge in [-0.25, -0.2) is 4.74 Å². The first kappa shape index (κ1) is 11.7. The van der Waals surface area contributed by atoms with E-state index in [2.05, 4.69) is 4.99 Å². The molecule has 0 atom stereocenters. The second kappa shape index (κ2) is 4.09. The van der Waals surface area contributed by atoms with Crippen LogP contribution in [0.2, 0.25) is 0 Å². The molecule has 19 heavy (non-hydrogen) atoms. The minimum Gasteiger partial charge on any atom is -0.714 e. The molecule has 3 rings (SSSR count). The van der Waals surface area contributed by atoms with Crippen LogP contribution in [-0.4, -0.2) is 21.8 Å². The molecule has 0 bridgehead atoms. The van der Waals surface area contributed by atoms with Crippen molar-refractivity contribution in [1.29, 1.82) is 0 Å². The lowest BCUT2D eigenvalue weighted by Gasteiger charge is -2.23. The molecule has 96 valence electrons. The van der Waals surface area contributed by atoms with E-state index in [-0.39, 0.29) is 0 Å².